The highest BCUT2D eigenvalue weighted by atomic mass is 35.5. The van der Waals surface area contributed by atoms with Crippen LogP contribution >= 0.6 is 11.6 Å². The van der Waals surface area contributed by atoms with Gasteiger partial charge in [-0.1, -0.05) is 54.9 Å². The molecule has 5 fully saturated rings. The Kier molecular flexibility index (Phi) is 13.7. The highest BCUT2D eigenvalue weighted by Crippen LogP contribution is 2.57. The third-order valence-corrected chi connectivity index (χ3v) is 18.2. The second kappa shape index (κ2) is 20.2. The molecule has 4 N–H and O–H groups in total. The Morgan fingerprint density at radius 1 is 0.905 bits per heavy atom. The third kappa shape index (κ3) is 8.97. The molecule has 4 aromatic carbocycles. The second-order valence-corrected chi connectivity index (χ2v) is 22.1. The van der Waals surface area contributed by atoms with Crippen LogP contribution in [0.3, 0.4) is 0 Å². The molecule has 74 heavy (non-hydrogen) atoms. The van der Waals surface area contributed by atoms with Gasteiger partial charge in [-0.15, -0.1) is 0 Å². The number of nitrogens with two attached hydrogens (primary N) is 1. The molecule has 0 radical (unpaired) electrons. The van der Waals surface area contributed by atoms with E-state index in [4.69, 9.17) is 26.8 Å². The first-order chi connectivity index (χ1) is 35.7. The summed E-state index contributed by atoms with van der Waals surface area (Å²) in [5, 5.41) is 11.4. The number of imide groups is 1. The topological polar surface area (TPSA) is 164 Å². The number of halogens is 3. The van der Waals surface area contributed by atoms with E-state index in [-0.39, 0.29) is 63.4 Å². The van der Waals surface area contributed by atoms with Crippen molar-refractivity contribution in [2.45, 2.75) is 107 Å². The van der Waals surface area contributed by atoms with Crippen molar-refractivity contribution in [1.82, 2.24) is 30.2 Å². The van der Waals surface area contributed by atoms with Gasteiger partial charge in [-0.2, -0.15) is 5.10 Å². The lowest BCUT2D eigenvalue weighted by molar-refractivity contribution is -0.138. The van der Waals surface area contributed by atoms with Gasteiger partial charge in [0.2, 0.25) is 17.7 Å². The largest absolute Gasteiger partial charge is 0.494 e. The number of nitrogens with one attached hydrogen (secondary N) is 2. The molecule has 4 aliphatic heterocycles. The summed E-state index contributed by atoms with van der Waals surface area (Å²) in [5.41, 5.74) is 7.92. The molecule has 1 aromatic heterocycles. The summed E-state index contributed by atoms with van der Waals surface area (Å²) in [6, 6.07) is 20.4. The first-order valence-electron chi connectivity index (χ1n) is 26.5. The first-order valence-corrected chi connectivity index (χ1v) is 26.9. The maximum absolute atomic E-state index is 16.3. The van der Waals surface area contributed by atoms with Crippen molar-refractivity contribution in [3.63, 3.8) is 0 Å². The quantitative estimate of drug-likeness (QED) is 0.111. The summed E-state index contributed by atoms with van der Waals surface area (Å²) in [6.07, 6.45) is 10.3. The van der Waals surface area contributed by atoms with Crippen LogP contribution in [0.4, 0.5) is 19.4 Å². The molecule has 390 valence electrons. The molecular formula is C57H65ClF2N8O6. The van der Waals surface area contributed by atoms with Gasteiger partial charge in [0, 0.05) is 91.7 Å². The third-order valence-electron chi connectivity index (χ3n) is 17.8. The number of ether oxygens (including phenoxy) is 2. The fourth-order valence-corrected chi connectivity index (χ4v) is 13.7. The summed E-state index contributed by atoms with van der Waals surface area (Å²) < 4.78 is 46.0. The molecule has 14 nitrogen and oxygen atoms in total. The van der Waals surface area contributed by atoms with Crippen LogP contribution in [0, 0.1) is 29.4 Å². The van der Waals surface area contributed by atoms with E-state index in [2.05, 4.69) is 43.7 Å². The van der Waals surface area contributed by atoms with Crippen LogP contribution in [-0.4, -0.2) is 102 Å². The molecule has 2 atom stereocenters. The van der Waals surface area contributed by atoms with E-state index in [1.54, 1.807) is 4.90 Å². The zero-order valence-corrected chi connectivity index (χ0v) is 43.1. The maximum Gasteiger partial charge on any atom is 0.329 e. The molecule has 11 rings (SSSR count). The van der Waals surface area contributed by atoms with Crippen LogP contribution in [-0.2, 0) is 22.2 Å². The number of fused-ring (bicyclic) bond motifs is 2. The number of aryl methyl sites for hydroxylation is 1. The van der Waals surface area contributed by atoms with Crippen LogP contribution in [0.2, 0.25) is 5.02 Å². The smallest absolute Gasteiger partial charge is 0.329 e. The molecule has 5 heterocycles. The average Bonchev–Trinajstić information content (AvgIpc) is 3.89. The fourth-order valence-electron chi connectivity index (χ4n) is 13.5. The van der Waals surface area contributed by atoms with Crippen molar-refractivity contribution in [1.29, 1.82) is 0 Å². The van der Waals surface area contributed by atoms with Crippen molar-refractivity contribution in [2.24, 2.45) is 30.5 Å². The van der Waals surface area contributed by atoms with Gasteiger partial charge in [-0.3, -0.25) is 29.3 Å². The Hall–Kier alpha value is -6.10. The number of likely N-dealkylation sites (tertiary alicyclic amines) is 2. The number of urea groups is 1. The molecule has 2 aliphatic carbocycles. The zero-order chi connectivity index (χ0) is 51.6. The highest BCUT2D eigenvalue weighted by Gasteiger charge is 2.51. The lowest BCUT2D eigenvalue weighted by Gasteiger charge is -2.50. The number of carbonyl (C=O) groups is 4. The van der Waals surface area contributed by atoms with Crippen molar-refractivity contribution >= 4 is 52.1 Å². The summed E-state index contributed by atoms with van der Waals surface area (Å²) >= 11 is 6.72. The van der Waals surface area contributed by atoms with Crippen LogP contribution in [0.5, 0.6) is 11.5 Å². The van der Waals surface area contributed by atoms with Gasteiger partial charge in [0.05, 0.1) is 23.2 Å². The average molecular weight is 1030 g/mol. The van der Waals surface area contributed by atoms with Crippen LogP contribution in [0.1, 0.15) is 116 Å². The van der Waals surface area contributed by atoms with E-state index in [1.165, 1.54) is 43.7 Å². The number of methoxy groups -OCH3 is 1. The van der Waals surface area contributed by atoms with Crippen molar-refractivity contribution in [2.75, 3.05) is 51.3 Å². The molecule has 0 spiro atoms. The van der Waals surface area contributed by atoms with Crippen molar-refractivity contribution in [3.8, 4) is 22.6 Å². The van der Waals surface area contributed by atoms with E-state index < -0.39 is 35.1 Å². The van der Waals surface area contributed by atoms with Crippen LogP contribution in [0.25, 0.3) is 22.0 Å². The SMILES string of the molecule is COc1ccc(C(N)=O)c(-c2c(Cl)c(F)cc3c2C(C)C(CNC2CCC(C(=O)N4CCC(C5CC(N6CCC(c7ccc8c(N9CCC(=O)NC9=O)nn(C)c8c7)CC6)C5)CC4)CC2)(c2ccccc2)O3)c1F. The fraction of sp³-hybridized carbons (Fsp3) is 0.491. The van der Waals surface area contributed by atoms with Crippen molar-refractivity contribution < 1.29 is 37.4 Å². The van der Waals surface area contributed by atoms with E-state index in [1.807, 2.05) is 49.0 Å². The Labute approximate surface area is 435 Å². The lowest BCUT2D eigenvalue weighted by Crippen LogP contribution is -2.51. The summed E-state index contributed by atoms with van der Waals surface area (Å²) in [7, 11) is 3.21. The number of hydrogen-bond acceptors (Lipinski definition) is 9. The van der Waals surface area contributed by atoms with Crippen LogP contribution in [0.15, 0.2) is 66.7 Å². The monoisotopic (exact) mass is 1030 g/mol. The van der Waals surface area contributed by atoms with Gasteiger partial charge >= 0.3 is 6.03 Å². The van der Waals surface area contributed by atoms with E-state index >= 15 is 8.78 Å². The maximum atomic E-state index is 16.3. The number of carbonyl (C=O) groups excluding carboxylic acids is 4. The highest BCUT2D eigenvalue weighted by molar-refractivity contribution is 6.34. The van der Waals surface area contributed by atoms with Gasteiger partial charge in [-0.05, 0) is 130 Å². The number of aromatic nitrogens is 2. The second-order valence-electron chi connectivity index (χ2n) is 21.7. The Morgan fingerprint density at radius 3 is 2.32 bits per heavy atom. The summed E-state index contributed by atoms with van der Waals surface area (Å²) in [5.74, 6) is -0.591. The number of anilines is 1. The summed E-state index contributed by atoms with van der Waals surface area (Å²) in [4.78, 5) is 57.4. The number of amides is 5. The molecule has 6 aliphatic rings. The molecule has 2 saturated carbocycles. The zero-order valence-electron chi connectivity index (χ0n) is 42.3. The van der Waals surface area contributed by atoms with Crippen molar-refractivity contribution in [3.05, 3.63) is 106 Å². The molecule has 5 aromatic rings. The normalized spacial score (nSPS) is 25.9. The molecule has 5 amide bonds. The predicted molar refractivity (Wildman–Crippen MR) is 278 cm³/mol. The molecular weight excluding hydrogens is 966 g/mol. The summed E-state index contributed by atoms with van der Waals surface area (Å²) in [6.45, 7) is 6.43. The number of rotatable bonds is 12. The number of benzene rings is 4. The Morgan fingerprint density at radius 2 is 1.64 bits per heavy atom. The van der Waals surface area contributed by atoms with Gasteiger partial charge < -0.3 is 30.3 Å². The van der Waals surface area contributed by atoms with Crippen LogP contribution < -0.4 is 30.7 Å². The number of piperidine rings is 2. The van der Waals surface area contributed by atoms with Gasteiger partial charge in [0.15, 0.2) is 23.0 Å². The number of hydrogen-bond donors (Lipinski definition) is 3. The molecule has 3 saturated heterocycles. The molecule has 17 heteroatoms. The minimum atomic E-state index is -1.06. The minimum Gasteiger partial charge on any atom is -0.494 e. The molecule has 0 bridgehead atoms. The number of nitrogens with zero attached hydrogens (tertiary/aromatic N) is 5. The van der Waals surface area contributed by atoms with E-state index in [0.717, 1.165) is 99.9 Å². The van der Waals surface area contributed by atoms with Gasteiger partial charge in [0.1, 0.15) is 11.6 Å². The minimum absolute atomic E-state index is 0.00651. The Balaban J connectivity index is 0.661. The van der Waals surface area contributed by atoms with Gasteiger partial charge in [0.25, 0.3) is 0 Å². The standard InChI is InChI=1S/C57H65ClF2N8O6/c1-32-48-46(30-43(59)51(58)50(48)49-42(53(61)70)15-16-45(73-3)52(49)60)74-57(32,38-7-5-4-6-8-38)31-62-39-12-9-35(10-13-39)55(71)67-24-19-34(20-25-67)37-27-40(28-37)66-22-17-33(18-23-66)36-11-14-41-44(29-36)65(2)64-54(41)68-26-21-47(69)63-56(68)72/h4-8,11,14-16,29-30,32-35,37,39-40,62H,9-10,12-13,17-28,31H2,1-3H3,(H2,61,70)(H,63,69,72). The van der Waals surface area contributed by atoms with Gasteiger partial charge in [-0.25, -0.2) is 13.6 Å². The predicted octanol–water partition coefficient (Wildman–Crippen LogP) is 9.16. The Bertz CT molecular complexity index is 3000. The van der Waals surface area contributed by atoms with E-state index in [0.29, 0.717) is 42.3 Å². The first kappa shape index (κ1) is 50.1. The lowest BCUT2D eigenvalue weighted by atomic mass is 9.68. The molecule has 2 unspecified atom stereocenters. The number of primary amides is 1. The van der Waals surface area contributed by atoms with E-state index in [9.17, 15) is 19.2 Å².